The lowest BCUT2D eigenvalue weighted by atomic mass is 9.73. The lowest BCUT2D eigenvalue weighted by Crippen LogP contribution is -2.53. The molecular weight excluding hydrogens is 555 g/mol. The highest BCUT2D eigenvalue weighted by Crippen LogP contribution is 2.46. The first kappa shape index (κ1) is 28.5. The molecule has 3 aliphatic rings. The van der Waals surface area contributed by atoms with Crippen LogP contribution in [0, 0.1) is 0 Å². The molecular formula is C34H38Cl2N2O3. The number of benzene rings is 3. The van der Waals surface area contributed by atoms with E-state index in [0.717, 1.165) is 37.4 Å². The maximum Gasteiger partial charge on any atom is 0.254 e. The first-order valence-corrected chi connectivity index (χ1v) is 15.6. The highest BCUT2D eigenvalue weighted by atomic mass is 35.5. The van der Waals surface area contributed by atoms with Crippen LogP contribution in [0.2, 0.25) is 10.0 Å². The number of rotatable bonds is 7. The van der Waals surface area contributed by atoms with Crippen molar-refractivity contribution in [2.24, 2.45) is 0 Å². The van der Waals surface area contributed by atoms with E-state index in [2.05, 4.69) is 29.2 Å². The van der Waals surface area contributed by atoms with Gasteiger partial charge in [-0.3, -0.25) is 4.79 Å². The molecule has 1 atom stereocenters. The third-order valence-electron chi connectivity index (χ3n) is 9.44. The van der Waals surface area contributed by atoms with Crippen LogP contribution < -0.4 is 4.74 Å². The predicted octanol–water partition coefficient (Wildman–Crippen LogP) is 7.13. The zero-order valence-electron chi connectivity index (χ0n) is 23.7. The Hall–Kier alpha value is -2.57. The summed E-state index contributed by atoms with van der Waals surface area (Å²) in [4.78, 5) is 18.1. The van der Waals surface area contributed by atoms with Gasteiger partial charge in [-0.25, -0.2) is 0 Å². The van der Waals surface area contributed by atoms with Gasteiger partial charge >= 0.3 is 0 Å². The number of likely N-dealkylation sites (tertiary alicyclic amines) is 1. The quantitative estimate of drug-likeness (QED) is 0.292. The molecule has 216 valence electrons. The van der Waals surface area contributed by atoms with Gasteiger partial charge in [-0.2, -0.15) is 0 Å². The van der Waals surface area contributed by atoms with Crippen LogP contribution in [-0.2, 0) is 22.2 Å². The van der Waals surface area contributed by atoms with Gasteiger partial charge in [0.25, 0.3) is 5.91 Å². The summed E-state index contributed by atoms with van der Waals surface area (Å²) in [6.45, 7) is 7.04. The minimum Gasteiger partial charge on any atom is -0.494 e. The van der Waals surface area contributed by atoms with Crippen molar-refractivity contribution in [3.63, 3.8) is 0 Å². The minimum absolute atomic E-state index is 0.000553. The van der Waals surface area contributed by atoms with Crippen LogP contribution in [0.5, 0.6) is 5.75 Å². The molecule has 5 nitrogen and oxygen atoms in total. The molecule has 6 rings (SSSR count). The summed E-state index contributed by atoms with van der Waals surface area (Å²) >= 11 is 12.8. The molecule has 2 fully saturated rings. The maximum atomic E-state index is 13.6. The Kier molecular flexibility index (Phi) is 8.33. The maximum absolute atomic E-state index is 13.6. The molecule has 0 radical (unpaired) electrons. The zero-order valence-corrected chi connectivity index (χ0v) is 25.2. The second-order valence-corrected chi connectivity index (χ2v) is 12.5. The van der Waals surface area contributed by atoms with Gasteiger partial charge in [-0.15, -0.1) is 0 Å². The number of carbonyl (C=O) groups is 1. The topological polar surface area (TPSA) is 42.0 Å². The predicted molar refractivity (Wildman–Crippen MR) is 164 cm³/mol. The number of fused-ring (bicyclic) bond motifs is 2. The average molecular weight is 594 g/mol. The van der Waals surface area contributed by atoms with Gasteiger partial charge in [0.05, 0.1) is 29.8 Å². The summed E-state index contributed by atoms with van der Waals surface area (Å²) in [5, 5.41) is 1.02. The van der Waals surface area contributed by atoms with E-state index in [1.165, 1.54) is 31.2 Å². The molecule has 0 saturated carbocycles. The standard InChI is InChI=1S/C34H38Cl2N2O3/c1-2-40-28-10-7-26(8-11-28)32(39)38-21-22-41-34(24-38,27-9-12-30(35)31(36)23-27)17-20-37-18-15-33(16-19-37)14-13-25-5-3-4-6-29(25)33/h3-12,23H,2,13-22,24H2,1H3. The van der Waals surface area contributed by atoms with Crippen molar-refractivity contribution in [1.29, 1.82) is 0 Å². The van der Waals surface area contributed by atoms with E-state index in [4.69, 9.17) is 32.7 Å². The van der Waals surface area contributed by atoms with Crippen LogP contribution in [0.25, 0.3) is 0 Å². The number of piperidine rings is 1. The van der Waals surface area contributed by atoms with E-state index >= 15 is 0 Å². The van der Waals surface area contributed by atoms with Gasteiger partial charge in [0.1, 0.15) is 11.4 Å². The minimum atomic E-state index is -0.664. The highest BCUT2D eigenvalue weighted by molar-refractivity contribution is 6.42. The smallest absolute Gasteiger partial charge is 0.254 e. The van der Waals surface area contributed by atoms with E-state index < -0.39 is 5.60 Å². The normalized spacial score (nSPS) is 22.1. The molecule has 0 aromatic heterocycles. The molecule has 0 N–H and O–H groups in total. The van der Waals surface area contributed by atoms with Gasteiger partial charge in [0, 0.05) is 18.7 Å². The van der Waals surface area contributed by atoms with Crippen molar-refractivity contribution in [2.75, 3.05) is 45.9 Å². The summed E-state index contributed by atoms with van der Waals surface area (Å²) in [6.07, 6.45) is 5.60. The monoisotopic (exact) mass is 592 g/mol. The van der Waals surface area contributed by atoms with Crippen molar-refractivity contribution in [3.05, 3.63) is 99.0 Å². The van der Waals surface area contributed by atoms with E-state index in [0.29, 0.717) is 47.3 Å². The van der Waals surface area contributed by atoms with E-state index in [1.807, 2.05) is 54.3 Å². The van der Waals surface area contributed by atoms with E-state index in [1.54, 1.807) is 5.56 Å². The summed E-state index contributed by atoms with van der Waals surface area (Å²) in [5.41, 5.74) is 4.39. The fourth-order valence-electron chi connectivity index (χ4n) is 7.08. The lowest BCUT2D eigenvalue weighted by Gasteiger charge is -2.45. The Bertz CT molecular complexity index is 1390. The number of carbonyl (C=O) groups excluding carboxylic acids is 1. The summed E-state index contributed by atoms with van der Waals surface area (Å²) in [5.74, 6) is 0.765. The Labute approximate surface area is 253 Å². The second kappa shape index (κ2) is 12.0. The average Bonchev–Trinajstić information content (AvgIpc) is 3.36. The van der Waals surface area contributed by atoms with E-state index in [-0.39, 0.29) is 5.91 Å². The number of aryl methyl sites for hydroxylation is 1. The van der Waals surface area contributed by atoms with Gasteiger partial charge < -0.3 is 19.3 Å². The zero-order chi connectivity index (χ0) is 28.5. The second-order valence-electron chi connectivity index (χ2n) is 11.7. The number of halogens is 2. The fraction of sp³-hybridized carbons (Fsp3) is 0.441. The number of amides is 1. The third kappa shape index (κ3) is 5.75. The molecule has 7 heteroatoms. The molecule has 2 saturated heterocycles. The number of hydrogen-bond donors (Lipinski definition) is 0. The number of ether oxygens (including phenoxy) is 2. The highest BCUT2D eigenvalue weighted by Gasteiger charge is 2.43. The van der Waals surface area contributed by atoms with Crippen molar-refractivity contribution in [1.82, 2.24) is 9.80 Å². The summed E-state index contributed by atoms with van der Waals surface area (Å²) < 4.78 is 12.2. The summed E-state index contributed by atoms with van der Waals surface area (Å²) in [7, 11) is 0. The van der Waals surface area contributed by atoms with Crippen LogP contribution in [0.1, 0.15) is 59.7 Å². The summed E-state index contributed by atoms with van der Waals surface area (Å²) in [6, 6.07) is 22.2. The Morgan fingerprint density at radius 1 is 0.951 bits per heavy atom. The van der Waals surface area contributed by atoms with Crippen LogP contribution in [0.3, 0.4) is 0 Å². The van der Waals surface area contributed by atoms with Crippen LogP contribution in [-0.4, -0.2) is 61.6 Å². The molecule has 1 amide bonds. The Balaban J connectivity index is 1.19. The van der Waals surface area contributed by atoms with Crippen LogP contribution in [0.15, 0.2) is 66.7 Å². The van der Waals surface area contributed by atoms with Crippen molar-refractivity contribution in [2.45, 2.75) is 50.0 Å². The molecule has 1 unspecified atom stereocenters. The molecule has 3 aromatic rings. The molecule has 0 bridgehead atoms. The third-order valence-corrected chi connectivity index (χ3v) is 10.2. The Morgan fingerprint density at radius 2 is 1.73 bits per heavy atom. The van der Waals surface area contributed by atoms with Gasteiger partial charge in [-0.1, -0.05) is 53.5 Å². The van der Waals surface area contributed by atoms with Crippen LogP contribution in [0.4, 0.5) is 0 Å². The molecule has 1 aliphatic carbocycles. The van der Waals surface area contributed by atoms with Crippen molar-refractivity contribution < 1.29 is 14.3 Å². The fourth-order valence-corrected chi connectivity index (χ4v) is 7.38. The largest absolute Gasteiger partial charge is 0.494 e. The first-order valence-electron chi connectivity index (χ1n) is 14.8. The molecule has 2 aliphatic heterocycles. The SMILES string of the molecule is CCOc1ccc(C(=O)N2CCOC(CCN3CCC4(CCc5ccccc54)CC3)(c3ccc(Cl)c(Cl)c3)C2)cc1. The number of morpholine rings is 1. The number of hydrogen-bond acceptors (Lipinski definition) is 4. The Morgan fingerprint density at radius 3 is 2.49 bits per heavy atom. The van der Waals surface area contributed by atoms with Crippen molar-refractivity contribution in [3.8, 4) is 5.75 Å². The molecule has 3 aromatic carbocycles. The molecule has 41 heavy (non-hydrogen) atoms. The first-order chi connectivity index (χ1) is 19.9. The molecule has 1 spiro atoms. The van der Waals surface area contributed by atoms with Gasteiger partial charge in [-0.05, 0) is 111 Å². The number of nitrogens with zero attached hydrogens (tertiary/aromatic N) is 2. The lowest BCUT2D eigenvalue weighted by molar-refractivity contribution is -0.113. The van der Waals surface area contributed by atoms with Gasteiger partial charge in [0.2, 0.25) is 0 Å². The van der Waals surface area contributed by atoms with Crippen molar-refractivity contribution >= 4 is 29.1 Å². The van der Waals surface area contributed by atoms with Crippen LogP contribution >= 0.6 is 23.2 Å². The van der Waals surface area contributed by atoms with E-state index in [9.17, 15) is 4.79 Å². The van der Waals surface area contributed by atoms with Gasteiger partial charge in [0.15, 0.2) is 0 Å². The molecule has 2 heterocycles.